The number of anilines is 3. The van der Waals surface area contributed by atoms with Crippen molar-refractivity contribution in [2.24, 2.45) is 0 Å². The lowest BCUT2D eigenvalue weighted by Crippen LogP contribution is -2.43. The van der Waals surface area contributed by atoms with E-state index >= 15 is 0 Å². The number of unbranched alkanes of at least 4 members (excludes halogenated alkanes) is 4. The number of rotatable bonds is 12. The van der Waals surface area contributed by atoms with E-state index in [9.17, 15) is 21.6 Å². The van der Waals surface area contributed by atoms with Crippen LogP contribution in [0, 0.1) is 0 Å². The highest BCUT2D eigenvalue weighted by Crippen LogP contribution is 2.29. The summed E-state index contributed by atoms with van der Waals surface area (Å²) in [5, 5.41) is 6.08. The van der Waals surface area contributed by atoms with Crippen molar-refractivity contribution in [3.05, 3.63) is 48.0 Å². The molecule has 3 rings (SSSR count). The van der Waals surface area contributed by atoms with E-state index in [1.54, 1.807) is 24.3 Å². The van der Waals surface area contributed by atoms with Crippen LogP contribution in [0.15, 0.2) is 47.4 Å². The van der Waals surface area contributed by atoms with Gasteiger partial charge in [0.25, 0.3) is 5.91 Å². The summed E-state index contributed by atoms with van der Waals surface area (Å²) >= 11 is 0. The Labute approximate surface area is 221 Å². The molecule has 1 aliphatic rings. The Morgan fingerprint density at radius 2 is 1.62 bits per heavy atom. The number of hydrogen-bond acceptors (Lipinski definition) is 7. The summed E-state index contributed by atoms with van der Waals surface area (Å²) in [6.07, 6.45) is 5.84. The van der Waals surface area contributed by atoms with Crippen molar-refractivity contribution in [3.8, 4) is 0 Å². The summed E-state index contributed by atoms with van der Waals surface area (Å²) < 4.78 is 50.9. The van der Waals surface area contributed by atoms with Crippen LogP contribution in [0.3, 0.4) is 0 Å². The molecule has 9 nitrogen and oxygen atoms in total. The topological polar surface area (TPSA) is 116 Å². The molecule has 0 atom stereocenters. The molecule has 0 bridgehead atoms. The van der Waals surface area contributed by atoms with E-state index in [1.807, 2.05) is 6.07 Å². The molecule has 1 saturated heterocycles. The second-order valence-electron chi connectivity index (χ2n) is 9.38. The Bertz CT molecular complexity index is 1270. The van der Waals surface area contributed by atoms with Gasteiger partial charge in [-0.05, 0) is 48.9 Å². The molecule has 37 heavy (non-hydrogen) atoms. The number of nitrogens with one attached hydrogen (secondary N) is 2. The zero-order chi connectivity index (χ0) is 27.1. The lowest BCUT2D eigenvalue weighted by atomic mass is 10.1. The number of sulfone groups is 1. The van der Waals surface area contributed by atoms with E-state index in [1.165, 1.54) is 19.2 Å². The van der Waals surface area contributed by atoms with E-state index in [2.05, 4.69) is 22.5 Å². The zero-order valence-electron chi connectivity index (χ0n) is 21.9. The van der Waals surface area contributed by atoms with Crippen LogP contribution in [0.25, 0.3) is 0 Å². The number of nitrogens with zero attached hydrogens (tertiary/aromatic N) is 2. The van der Waals surface area contributed by atoms with Gasteiger partial charge in [-0.15, -0.1) is 0 Å². The fraction of sp³-hybridized carbons (Fsp3) is 0.500. The lowest BCUT2D eigenvalue weighted by Gasteiger charge is -2.30. The average molecular weight is 551 g/mol. The Balaban J connectivity index is 1.79. The average Bonchev–Trinajstić information content (AvgIpc) is 2.88. The minimum absolute atomic E-state index is 0.0996. The molecule has 2 aromatic rings. The molecular weight excluding hydrogens is 512 g/mol. The van der Waals surface area contributed by atoms with Crippen LogP contribution < -0.4 is 19.8 Å². The molecule has 204 valence electrons. The predicted molar refractivity (Wildman–Crippen MR) is 150 cm³/mol. The number of amides is 1. The van der Waals surface area contributed by atoms with E-state index < -0.39 is 25.8 Å². The summed E-state index contributed by atoms with van der Waals surface area (Å²) in [5.74, 6) is -0.378. The monoisotopic (exact) mass is 550 g/mol. The number of carbonyl (C=O) groups excluding carboxylic acids is 1. The number of benzene rings is 2. The summed E-state index contributed by atoms with van der Waals surface area (Å²) in [4.78, 5) is 15.7. The van der Waals surface area contributed by atoms with Crippen LogP contribution in [0.1, 0.15) is 49.4 Å². The van der Waals surface area contributed by atoms with Gasteiger partial charge in [0, 0.05) is 44.6 Å². The molecule has 0 unspecified atom stereocenters. The maximum absolute atomic E-state index is 13.3. The molecule has 0 radical (unpaired) electrons. The van der Waals surface area contributed by atoms with Crippen molar-refractivity contribution in [1.29, 1.82) is 0 Å². The molecule has 11 heteroatoms. The fourth-order valence-corrected chi connectivity index (χ4v) is 6.12. The molecule has 2 aromatic carbocycles. The molecule has 0 aliphatic carbocycles. The van der Waals surface area contributed by atoms with Crippen molar-refractivity contribution >= 4 is 42.8 Å². The van der Waals surface area contributed by atoms with Gasteiger partial charge in [0.1, 0.15) is 0 Å². The normalized spacial score (nSPS) is 14.4. The number of piperazine rings is 1. The Kier molecular flexibility index (Phi) is 9.97. The molecule has 0 spiro atoms. The lowest BCUT2D eigenvalue weighted by molar-refractivity contribution is 0.102. The van der Waals surface area contributed by atoms with Crippen LogP contribution in [0.5, 0.6) is 0 Å². The SMILES string of the molecule is CCCCCCCS(=O)(=O)c1ccc(NC(=O)c2cc(N3CCNCC3)ccc2N(C)S(C)(=O)=O)cc1. The number of hydrogen-bond donors (Lipinski definition) is 2. The quantitative estimate of drug-likeness (QED) is 0.389. The molecule has 1 heterocycles. The van der Waals surface area contributed by atoms with Gasteiger partial charge in [0.05, 0.1) is 28.2 Å². The summed E-state index contributed by atoms with van der Waals surface area (Å²) in [6, 6.07) is 11.3. The van der Waals surface area contributed by atoms with E-state index in [4.69, 9.17) is 0 Å². The second-order valence-corrected chi connectivity index (χ2v) is 13.5. The van der Waals surface area contributed by atoms with Crippen molar-refractivity contribution < 1.29 is 21.6 Å². The smallest absolute Gasteiger partial charge is 0.257 e. The first-order chi connectivity index (χ1) is 17.5. The first-order valence-electron chi connectivity index (χ1n) is 12.7. The largest absolute Gasteiger partial charge is 0.369 e. The van der Waals surface area contributed by atoms with E-state index in [-0.39, 0.29) is 21.9 Å². The third-order valence-corrected chi connectivity index (χ3v) is 9.54. The van der Waals surface area contributed by atoms with Crippen LogP contribution in [0.2, 0.25) is 0 Å². The third kappa shape index (κ3) is 7.93. The Morgan fingerprint density at radius 3 is 2.24 bits per heavy atom. The van der Waals surface area contributed by atoms with Gasteiger partial charge in [-0.25, -0.2) is 16.8 Å². The van der Waals surface area contributed by atoms with Crippen LogP contribution in [-0.4, -0.2) is 68.0 Å². The van der Waals surface area contributed by atoms with Crippen molar-refractivity contribution in [2.45, 2.75) is 43.9 Å². The molecule has 0 saturated carbocycles. The minimum atomic E-state index is -3.59. The van der Waals surface area contributed by atoms with Crippen molar-refractivity contribution in [3.63, 3.8) is 0 Å². The maximum atomic E-state index is 13.3. The van der Waals surface area contributed by atoms with Crippen LogP contribution in [-0.2, 0) is 19.9 Å². The van der Waals surface area contributed by atoms with Gasteiger partial charge >= 0.3 is 0 Å². The minimum Gasteiger partial charge on any atom is -0.369 e. The van der Waals surface area contributed by atoms with Gasteiger partial charge in [-0.3, -0.25) is 9.10 Å². The highest BCUT2D eigenvalue weighted by molar-refractivity contribution is 7.92. The van der Waals surface area contributed by atoms with Gasteiger partial charge in [0.15, 0.2) is 9.84 Å². The second kappa shape index (κ2) is 12.7. The highest BCUT2D eigenvalue weighted by atomic mass is 32.2. The highest BCUT2D eigenvalue weighted by Gasteiger charge is 2.23. The summed E-state index contributed by atoms with van der Waals surface area (Å²) in [5.41, 5.74) is 1.74. The summed E-state index contributed by atoms with van der Waals surface area (Å²) in [7, 11) is -5.58. The first kappa shape index (κ1) is 28.9. The van der Waals surface area contributed by atoms with Gasteiger partial charge < -0.3 is 15.5 Å². The third-order valence-electron chi connectivity index (χ3n) is 6.53. The summed E-state index contributed by atoms with van der Waals surface area (Å²) in [6.45, 7) is 5.31. The zero-order valence-corrected chi connectivity index (χ0v) is 23.5. The molecule has 0 aromatic heterocycles. The van der Waals surface area contributed by atoms with E-state index in [0.29, 0.717) is 12.1 Å². The molecule has 1 amide bonds. The van der Waals surface area contributed by atoms with Gasteiger partial charge in [0.2, 0.25) is 10.0 Å². The number of carbonyl (C=O) groups is 1. The van der Waals surface area contributed by atoms with Crippen molar-refractivity contribution in [2.75, 3.05) is 59.8 Å². The van der Waals surface area contributed by atoms with Crippen LogP contribution in [0.4, 0.5) is 17.1 Å². The molecule has 1 fully saturated rings. The molecule has 1 aliphatic heterocycles. The fourth-order valence-electron chi connectivity index (χ4n) is 4.24. The van der Waals surface area contributed by atoms with E-state index in [0.717, 1.165) is 68.1 Å². The van der Waals surface area contributed by atoms with Crippen LogP contribution >= 0.6 is 0 Å². The van der Waals surface area contributed by atoms with Gasteiger partial charge in [-0.1, -0.05) is 32.6 Å². The van der Waals surface area contributed by atoms with Gasteiger partial charge in [-0.2, -0.15) is 0 Å². The standard InChI is InChI=1S/C26H38N4O5S2/c1-4-5-6-7-8-19-37(34,35)23-12-9-21(10-13-23)28-26(31)24-20-22(30-17-15-27-16-18-30)11-14-25(24)29(2)36(3,32)33/h9-14,20,27H,4-8,15-19H2,1-3H3,(H,28,31). The van der Waals surface area contributed by atoms with Crippen molar-refractivity contribution in [1.82, 2.24) is 5.32 Å². The molecule has 2 N–H and O–H groups in total. The Hall–Kier alpha value is -2.63. The first-order valence-corrected chi connectivity index (χ1v) is 16.2. The molecular formula is C26H38N4O5S2. The Morgan fingerprint density at radius 1 is 0.973 bits per heavy atom. The predicted octanol–water partition coefficient (Wildman–Crippen LogP) is 3.49. The maximum Gasteiger partial charge on any atom is 0.257 e. The number of sulfonamides is 1.